The van der Waals surface area contributed by atoms with Crippen molar-refractivity contribution in [3.05, 3.63) is 65.9 Å². The van der Waals surface area contributed by atoms with Crippen LogP contribution in [0.5, 0.6) is 0 Å². The Bertz CT molecular complexity index is 1030. The van der Waals surface area contributed by atoms with Crippen LogP contribution < -0.4 is 15.4 Å². The third kappa shape index (κ3) is 4.48. The standard InChI is InChI=1S/C17H16ClN5O2S/c1-19-26(24,25)15-7-3-6-14(9-15)23-17-10-16(20-11-21-17)22-13-5-2-4-12(18)8-13/h2-11,19H,1H3,(H2,20,21,22,23). The molecule has 0 aliphatic rings. The predicted molar refractivity (Wildman–Crippen MR) is 103 cm³/mol. The van der Waals surface area contributed by atoms with Gasteiger partial charge in [0.05, 0.1) is 4.90 Å². The molecule has 1 heterocycles. The highest BCUT2D eigenvalue weighted by molar-refractivity contribution is 7.89. The molecule has 0 spiro atoms. The molecule has 0 unspecified atom stereocenters. The first-order valence-electron chi connectivity index (χ1n) is 7.61. The van der Waals surface area contributed by atoms with Gasteiger partial charge < -0.3 is 10.6 Å². The average molecular weight is 390 g/mol. The normalized spacial score (nSPS) is 11.2. The Labute approximate surface area is 156 Å². The molecule has 3 aromatic rings. The summed E-state index contributed by atoms with van der Waals surface area (Å²) in [6.45, 7) is 0. The van der Waals surface area contributed by atoms with Gasteiger partial charge in [-0.15, -0.1) is 0 Å². The Kier molecular flexibility index (Phi) is 5.36. The summed E-state index contributed by atoms with van der Waals surface area (Å²) in [4.78, 5) is 8.48. The number of nitrogens with zero attached hydrogens (tertiary/aromatic N) is 2. The Morgan fingerprint density at radius 3 is 2.12 bits per heavy atom. The molecule has 2 aromatic carbocycles. The number of halogens is 1. The minimum absolute atomic E-state index is 0.163. The fourth-order valence-corrected chi connectivity index (χ4v) is 3.18. The first-order chi connectivity index (χ1) is 12.5. The van der Waals surface area contributed by atoms with Crippen molar-refractivity contribution >= 4 is 44.6 Å². The van der Waals surface area contributed by atoms with Crippen molar-refractivity contribution in [2.75, 3.05) is 17.7 Å². The van der Waals surface area contributed by atoms with Crippen LogP contribution in [-0.2, 0) is 10.0 Å². The van der Waals surface area contributed by atoms with E-state index in [1.807, 2.05) is 12.1 Å². The number of benzene rings is 2. The minimum atomic E-state index is -3.51. The second kappa shape index (κ2) is 7.69. The topological polar surface area (TPSA) is 96.0 Å². The first kappa shape index (κ1) is 18.1. The maximum Gasteiger partial charge on any atom is 0.240 e. The van der Waals surface area contributed by atoms with E-state index in [0.717, 1.165) is 5.69 Å². The average Bonchev–Trinajstić information content (AvgIpc) is 2.62. The largest absolute Gasteiger partial charge is 0.340 e. The second-order valence-corrected chi connectivity index (χ2v) is 7.61. The summed E-state index contributed by atoms with van der Waals surface area (Å²) in [5, 5.41) is 6.82. The van der Waals surface area contributed by atoms with E-state index in [-0.39, 0.29) is 4.90 Å². The van der Waals surface area contributed by atoms with Crippen molar-refractivity contribution in [1.29, 1.82) is 0 Å². The van der Waals surface area contributed by atoms with E-state index in [1.54, 1.807) is 30.3 Å². The Morgan fingerprint density at radius 2 is 1.50 bits per heavy atom. The highest BCUT2D eigenvalue weighted by atomic mass is 35.5. The molecule has 9 heteroatoms. The van der Waals surface area contributed by atoms with Gasteiger partial charge in [-0.25, -0.2) is 23.1 Å². The molecule has 0 amide bonds. The zero-order chi connectivity index (χ0) is 18.6. The van der Waals surface area contributed by atoms with Gasteiger partial charge in [-0.1, -0.05) is 23.7 Å². The van der Waals surface area contributed by atoms with E-state index in [4.69, 9.17) is 11.6 Å². The monoisotopic (exact) mass is 389 g/mol. The summed E-state index contributed by atoms with van der Waals surface area (Å²) >= 11 is 5.97. The number of nitrogens with one attached hydrogen (secondary N) is 3. The van der Waals surface area contributed by atoms with E-state index in [1.165, 1.54) is 25.5 Å². The van der Waals surface area contributed by atoms with E-state index in [9.17, 15) is 8.42 Å². The molecule has 134 valence electrons. The van der Waals surface area contributed by atoms with Crippen molar-refractivity contribution in [2.24, 2.45) is 0 Å². The Morgan fingerprint density at radius 1 is 0.885 bits per heavy atom. The fraction of sp³-hybridized carbons (Fsp3) is 0.0588. The summed E-state index contributed by atoms with van der Waals surface area (Å²) < 4.78 is 26.1. The molecule has 0 aliphatic carbocycles. The van der Waals surface area contributed by atoms with Crippen LogP contribution in [0.25, 0.3) is 0 Å². The molecule has 0 atom stereocenters. The molecule has 3 rings (SSSR count). The van der Waals surface area contributed by atoms with E-state index in [2.05, 4.69) is 25.3 Å². The van der Waals surface area contributed by atoms with Gasteiger partial charge in [0.1, 0.15) is 18.0 Å². The second-order valence-electron chi connectivity index (χ2n) is 5.28. The summed E-state index contributed by atoms with van der Waals surface area (Å²) in [5.41, 5.74) is 1.39. The van der Waals surface area contributed by atoms with Crippen LogP contribution in [-0.4, -0.2) is 25.4 Å². The fourth-order valence-electron chi connectivity index (χ4n) is 2.21. The summed E-state index contributed by atoms with van der Waals surface area (Å²) in [6.07, 6.45) is 1.41. The Hall–Kier alpha value is -2.68. The molecule has 3 N–H and O–H groups in total. The first-order valence-corrected chi connectivity index (χ1v) is 9.48. The van der Waals surface area contributed by atoms with Crippen LogP contribution in [0.4, 0.5) is 23.0 Å². The van der Waals surface area contributed by atoms with Crippen LogP contribution in [0.3, 0.4) is 0 Å². The third-order valence-corrected chi connectivity index (χ3v) is 5.10. The van der Waals surface area contributed by atoms with Gasteiger partial charge in [-0.05, 0) is 43.4 Å². The van der Waals surface area contributed by atoms with Crippen molar-refractivity contribution in [3.63, 3.8) is 0 Å². The molecule has 0 bridgehead atoms. The van der Waals surface area contributed by atoms with Crippen LogP contribution in [0.1, 0.15) is 0 Å². The maximum atomic E-state index is 11.9. The summed E-state index contributed by atoms with van der Waals surface area (Å²) in [5.74, 6) is 1.09. The lowest BCUT2D eigenvalue weighted by molar-refractivity contribution is 0.588. The molecule has 0 aliphatic heterocycles. The molecule has 1 aromatic heterocycles. The third-order valence-electron chi connectivity index (χ3n) is 3.45. The van der Waals surface area contributed by atoms with Gasteiger partial charge in [0.2, 0.25) is 10.0 Å². The number of rotatable bonds is 6. The van der Waals surface area contributed by atoms with E-state index >= 15 is 0 Å². The van der Waals surface area contributed by atoms with Crippen molar-refractivity contribution < 1.29 is 8.42 Å². The van der Waals surface area contributed by atoms with E-state index < -0.39 is 10.0 Å². The van der Waals surface area contributed by atoms with Gasteiger partial charge in [0.15, 0.2) is 0 Å². The summed E-state index contributed by atoms with van der Waals surface area (Å²) in [7, 11) is -2.14. The number of hydrogen-bond donors (Lipinski definition) is 3. The van der Waals surface area contributed by atoms with Crippen LogP contribution in [0.2, 0.25) is 5.02 Å². The smallest absolute Gasteiger partial charge is 0.240 e. The van der Waals surface area contributed by atoms with Gasteiger partial charge in [0.25, 0.3) is 0 Å². The predicted octanol–water partition coefficient (Wildman–Crippen LogP) is 3.53. The number of anilines is 4. The van der Waals surface area contributed by atoms with Crippen LogP contribution in [0, 0.1) is 0 Å². The number of sulfonamides is 1. The van der Waals surface area contributed by atoms with Gasteiger partial charge in [0, 0.05) is 22.5 Å². The maximum absolute atomic E-state index is 11.9. The SMILES string of the molecule is CNS(=O)(=O)c1cccc(Nc2cc(Nc3cccc(Cl)c3)ncn2)c1. The quantitative estimate of drug-likeness (QED) is 0.597. The molecule has 0 radical (unpaired) electrons. The van der Waals surface area contributed by atoms with Crippen molar-refractivity contribution in [3.8, 4) is 0 Å². The molecule has 26 heavy (non-hydrogen) atoms. The Balaban J connectivity index is 1.80. The molecule has 0 saturated heterocycles. The van der Waals surface area contributed by atoms with Crippen LogP contribution >= 0.6 is 11.6 Å². The van der Waals surface area contributed by atoms with Gasteiger partial charge >= 0.3 is 0 Å². The number of hydrogen-bond acceptors (Lipinski definition) is 6. The number of aromatic nitrogens is 2. The van der Waals surface area contributed by atoms with Crippen LogP contribution in [0.15, 0.2) is 65.8 Å². The highest BCUT2D eigenvalue weighted by Gasteiger charge is 2.11. The summed E-state index contributed by atoms with van der Waals surface area (Å²) in [6, 6.07) is 15.4. The molecule has 0 fully saturated rings. The minimum Gasteiger partial charge on any atom is -0.340 e. The van der Waals surface area contributed by atoms with Gasteiger partial charge in [-0.3, -0.25) is 0 Å². The lowest BCUT2D eigenvalue weighted by Gasteiger charge is -2.10. The lowest BCUT2D eigenvalue weighted by Crippen LogP contribution is -2.18. The van der Waals surface area contributed by atoms with Gasteiger partial charge in [-0.2, -0.15) is 0 Å². The molecule has 0 saturated carbocycles. The zero-order valence-electron chi connectivity index (χ0n) is 13.8. The zero-order valence-corrected chi connectivity index (χ0v) is 15.3. The molecular weight excluding hydrogens is 374 g/mol. The van der Waals surface area contributed by atoms with Crippen molar-refractivity contribution in [1.82, 2.24) is 14.7 Å². The lowest BCUT2D eigenvalue weighted by atomic mass is 10.3. The van der Waals surface area contributed by atoms with E-state index in [0.29, 0.717) is 22.3 Å². The van der Waals surface area contributed by atoms with Crippen molar-refractivity contribution in [2.45, 2.75) is 4.90 Å². The molecular formula is C17H16ClN5O2S. The molecule has 7 nitrogen and oxygen atoms in total. The highest BCUT2D eigenvalue weighted by Crippen LogP contribution is 2.22.